The average molecular weight is 350 g/mol. The summed E-state index contributed by atoms with van der Waals surface area (Å²) in [5, 5.41) is 3.64. The molecule has 1 N–H and O–H groups in total. The van der Waals surface area contributed by atoms with Gasteiger partial charge in [0, 0.05) is 24.5 Å². The molecule has 0 atom stereocenters. The maximum Gasteiger partial charge on any atom is 0.321 e. The van der Waals surface area contributed by atoms with Crippen molar-refractivity contribution in [2.45, 2.75) is 53.1 Å². The lowest BCUT2D eigenvalue weighted by Crippen LogP contribution is -2.41. The summed E-state index contributed by atoms with van der Waals surface area (Å²) in [4.78, 5) is 8.16. The fraction of sp³-hybridized carbons (Fsp3) is 0.474. The van der Waals surface area contributed by atoms with Crippen molar-refractivity contribution in [3.05, 3.63) is 48.3 Å². The van der Waals surface area contributed by atoms with Crippen LogP contribution in [-0.4, -0.2) is 15.5 Å². The number of rotatable bonds is 6. The first-order valence-corrected chi connectivity index (χ1v) is 8.02. The van der Waals surface area contributed by atoms with Crippen LogP contribution >= 0.6 is 12.4 Å². The van der Waals surface area contributed by atoms with Gasteiger partial charge in [0.2, 0.25) is 0 Å². The molecule has 4 nitrogen and oxygen atoms in total. The van der Waals surface area contributed by atoms with E-state index in [4.69, 9.17) is 4.74 Å². The SMILES string of the molecule is CC(C)(C)CC(C)(C)NCc1cccc(Oc2ncccn2)c1.Cl. The molecule has 2 aromatic rings. The van der Waals surface area contributed by atoms with E-state index in [-0.39, 0.29) is 17.9 Å². The van der Waals surface area contributed by atoms with Crippen LogP contribution in [0.15, 0.2) is 42.7 Å². The molecule has 0 aliphatic carbocycles. The van der Waals surface area contributed by atoms with Crippen LogP contribution in [0.3, 0.4) is 0 Å². The van der Waals surface area contributed by atoms with Crippen molar-refractivity contribution in [2.24, 2.45) is 5.41 Å². The van der Waals surface area contributed by atoms with Gasteiger partial charge in [-0.2, -0.15) is 0 Å². The Morgan fingerprint density at radius 3 is 2.29 bits per heavy atom. The van der Waals surface area contributed by atoms with E-state index in [1.807, 2.05) is 18.2 Å². The van der Waals surface area contributed by atoms with Crippen LogP contribution in [0.5, 0.6) is 11.8 Å². The average Bonchev–Trinajstić information content (AvgIpc) is 2.44. The number of halogens is 1. The summed E-state index contributed by atoms with van der Waals surface area (Å²) in [5.41, 5.74) is 1.56. The Kier molecular flexibility index (Phi) is 7.18. The van der Waals surface area contributed by atoms with Gasteiger partial charge in [0.1, 0.15) is 5.75 Å². The topological polar surface area (TPSA) is 47.0 Å². The van der Waals surface area contributed by atoms with E-state index in [0.717, 1.165) is 18.7 Å². The molecule has 0 radical (unpaired) electrons. The molecule has 0 aliphatic heterocycles. The van der Waals surface area contributed by atoms with E-state index in [9.17, 15) is 0 Å². The number of aromatic nitrogens is 2. The van der Waals surface area contributed by atoms with Gasteiger partial charge in [-0.25, -0.2) is 9.97 Å². The lowest BCUT2D eigenvalue weighted by molar-refractivity contribution is 0.240. The lowest BCUT2D eigenvalue weighted by atomic mass is 9.82. The summed E-state index contributed by atoms with van der Waals surface area (Å²) in [7, 11) is 0. The molecular formula is C19H28ClN3O. The van der Waals surface area contributed by atoms with E-state index in [0.29, 0.717) is 11.4 Å². The third-order valence-corrected chi connectivity index (χ3v) is 3.39. The van der Waals surface area contributed by atoms with Crippen molar-refractivity contribution in [1.29, 1.82) is 0 Å². The van der Waals surface area contributed by atoms with Crippen molar-refractivity contribution in [3.8, 4) is 11.8 Å². The second kappa shape index (κ2) is 8.45. The van der Waals surface area contributed by atoms with Gasteiger partial charge >= 0.3 is 6.01 Å². The van der Waals surface area contributed by atoms with Crippen LogP contribution in [-0.2, 0) is 6.54 Å². The standard InChI is InChI=1S/C19H27N3O.ClH/c1-18(2,3)14-19(4,5)22-13-15-8-6-9-16(12-15)23-17-20-10-7-11-21-17;/h6-12,22H,13-14H2,1-5H3;1H. The zero-order valence-electron chi connectivity index (χ0n) is 15.2. The number of hydrogen-bond donors (Lipinski definition) is 1. The normalized spacial score (nSPS) is 11.7. The number of nitrogens with one attached hydrogen (secondary N) is 1. The zero-order valence-corrected chi connectivity index (χ0v) is 16.0. The minimum Gasteiger partial charge on any atom is -0.424 e. The molecule has 0 unspecified atom stereocenters. The van der Waals surface area contributed by atoms with E-state index < -0.39 is 0 Å². The van der Waals surface area contributed by atoms with Crippen molar-refractivity contribution in [1.82, 2.24) is 15.3 Å². The maximum absolute atomic E-state index is 5.68. The molecule has 0 aliphatic rings. The molecule has 1 aromatic heterocycles. The minimum absolute atomic E-state index is 0. The molecule has 2 rings (SSSR count). The van der Waals surface area contributed by atoms with Crippen molar-refractivity contribution < 1.29 is 4.74 Å². The van der Waals surface area contributed by atoms with Gasteiger partial charge in [0.25, 0.3) is 0 Å². The first-order valence-electron chi connectivity index (χ1n) is 8.02. The third kappa shape index (κ3) is 7.28. The highest BCUT2D eigenvalue weighted by atomic mass is 35.5. The molecule has 0 bridgehead atoms. The Hall–Kier alpha value is -1.65. The van der Waals surface area contributed by atoms with E-state index >= 15 is 0 Å². The zero-order chi connectivity index (χ0) is 16.9. The quantitative estimate of drug-likeness (QED) is 0.797. The summed E-state index contributed by atoms with van der Waals surface area (Å²) >= 11 is 0. The van der Waals surface area contributed by atoms with Gasteiger partial charge < -0.3 is 10.1 Å². The lowest BCUT2D eigenvalue weighted by Gasteiger charge is -2.33. The smallest absolute Gasteiger partial charge is 0.321 e. The van der Waals surface area contributed by atoms with Crippen LogP contribution in [0.1, 0.15) is 46.6 Å². The Bertz CT molecular complexity index is 624. The van der Waals surface area contributed by atoms with Crippen LogP contribution < -0.4 is 10.1 Å². The van der Waals surface area contributed by atoms with Gasteiger partial charge in [-0.05, 0) is 49.4 Å². The van der Waals surface area contributed by atoms with Gasteiger partial charge in [-0.15, -0.1) is 12.4 Å². The fourth-order valence-corrected chi connectivity index (χ4v) is 2.89. The Labute approximate surface area is 151 Å². The highest BCUT2D eigenvalue weighted by Crippen LogP contribution is 2.27. The summed E-state index contributed by atoms with van der Waals surface area (Å²) in [5.74, 6) is 0.754. The van der Waals surface area contributed by atoms with Gasteiger partial charge in [0.05, 0.1) is 0 Å². The Balaban J connectivity index is 0.00000288. The molecule has 0 saturated heterocycles. The largest absolute Gasteiger partial charge is 0.424 e. The molecule has 0 amide bonds. The van der Waals surface area contributed by atoms with Gasteiger partial charge in [0.15, 0.2) is 0 Å². The fourth-order valence-electron chi connectivity index (χ4n) is 2.89. The van der Waals surface area contributed by atoms with Crippen LogP contribution in [0.25, 0.3) is 0 Å². The van der Waals surface area contributed by atoms with Crippen molar-refractivity contribution >= 4 is 12.4 Å². The number of ether oxygens (including phenoxy) is 1. The van der Waals surface area contributed by atoms with E-state index in [1.165, 1.54) is 5.56 Å². The summed E-state index contributed by atoms with van der Waals surface area (Å²) in [6.07, 6.45) is 4.44. The molecule has 0 fully saturated rings. The van der Waals surface area contributed by atoms with Crippen molar-refractivity contribution in [2.75, 3.05) is 0 Å². The third-order valence-electron chi connectivity index (χ3n) is 3.39. The molecule has 1 aromatic carbocycles. The number of nitrogens with zero attached hydrogens (tertiary/aromatic N) is 2. The molecule has 24 heavy (non-hydrogen) atoms. The molecule has 0 saturated carbocycles. The molecule has 5 heteroatoms. The second-order valence-corrected chi connectivity index (χ2v) is 7.76. The summed E-state index contributed by atoms with van der Waals surface area (Å²) < 4.78 is 5.68. The van der Waals surface area contributed by atoms with Gasteiger partial charge in [-0.3, -0.25) is 0 Å². The van der Waals surface area contributed by atoms with E-state index in [2.05, 4.69) is 56.0 Å². The highest BCUT2D eigenvalue weighted by Gasteiger charge is 2.24. The summed E-state index contributed by atoms with van der Waals surface area (Å²) in [6.45, 7) is 12.1. The first-order chi connectivity index (χ1) is 10.7. The second-order valence-electron chi connectivity index (χ2n) is 7.76. The van der Waals surface area contributed by atoms with Crippen molar-refractivity contribution in [3.63, 3.8) is 0 Å². The molecule has 0 spiro atoms. The predicted octanol–water partition coefficient (Wildman–Crippen LogP) is 5.00. The predicted molar refractivity (Wildman–Crippen MR) is 101 cm³/mol. The minimum atomic E-state index is 0. The van der Waals surface area contributed by atoms with Crippen LogP contribution in [0.4, 0.5) is 0 Å². The first kappa shape index (κ1) is 20.4. The number of hydrogen-bond acceptors (Lipinski definition) is 4. The Morgan fingerprint density at radius 1 is 1.00 bits per heavy atom. The maximum atomic E-state index is 5.68. The molecule has 132 valence electrons. The number of benzene rings is 1. The summed E-state index contributed by atoms with van der Waals surface area (Å²) in [6, 6.07) is 10.2. The van der Waals surface area contributed by atoms with Crippen LogP contribution in [0.2, 0.25) is 0 Å². The highest BCUT2D eigenvalue weighted by molar-refractivity contribution is 5.85. The monoisotopic (exact) mass is 349 g/mol. The van der Waals surface area contributed by atoms with Crippen LogP contribution in [0, 0.1) is 5.41 Å². The Morgan fingerprint density at radius 2 is 1.67 bits per heavy atom. The molecular weight excluding hydrogens is 322 g/mol. The molecule has 1 heterocycles. The van der Waals surface area contributed by atoms with E-state index in [1.54, 1.807) is 18.5 Å². The van der Waals surface area contributed by atoms with Gasteiger partial charge in [-0.1, -0.05) is 32.9 Å².